The van der Waals surface area contributed by atoms with Crippen LogP contribution in [0.4, 0.5) is 0 Å². The molecule has 104 valence electrons. The molecule has 1 fully saturated rings. The number of aromatic hydroxyl groups is 1. The Kier molecular flexibility index (Phi) is 3.59. The molecule has 0 radical (unpaired) electrons. The van der Waals surface area contributed by atoms with E-state index in [4.69, 9.17) is 12.2 Å². The molecule has 1 heterocycles. The van der Waals surface area contributed by atoms with Crippen LogP contribution >= 0.6 is 12.2 Å². The summed E-state index contributed by atoms with van der Waals surface area (Å²) < 4.78 is 0. The van der Waals surface area contributed by atoms with Crippen LogP contribution < -0.4 is 5.32 Å². The highest BCUT2D eigenvalue weighted by Gasteiger charge is 2.30. The van der Waals surface area contributed by atoms with Crippen LogP contribution in [0, 0.1) is 13.8 Å². The molecule has 2 rings (SSSR count). The fourth-order valence-corrected chi connectivity index (χ4v) is 2.16. The Bertz CT molecular complexity index is 641. The minimum Gasteiger partial charge on any atom is -0.507 e. The number of likely N-dealkylation sites (N-methyl/N-ethyl adjacent to an activating group) is 1. The summed E-state index contributed by atoms with van der Waals surface area (Å²) in [7, 11) is 1.51. The van der Waals surface area contributed by atoms with Gasteiger partial charge in [0.1, 0.15) is 11.3 Å². The van der Waals surface area contributed by atoms with Gasteiger partial charge in [-0.1, -0.05) is 0 Å². The molecule has 0 spiro atoms. The second-order valence-corrected chi connectivity index (χ2v) is 5.07. The van der Waals surface area contributed by atoms with Gasteiger partial charge in [0.05, 0.1) is 0 Å². The summed E-state index contributed by atoms with van der Waals surface area (Å²) in [5.41, 5.74) is 2.07. The number of nitrogens with zero attached hydrogens (tertiary/aromatic N) is 1. The highest BCUT2D eigenvalue weighted by Crippen LogP contribution is 2.24. The van der Waals surface area contributed by atoms with Crippen molar-refractivity contribution in [3.63, 3.8) is 0 Å². The van der Waals surface area contributed by atoms with Crippen LogP contribution in [0.3, 0.4) is 0 Å². The smallest absolute Gasteiger partial charge is 0.265 e. The van der Waals surface area contributed by atoms with Crippen molar-refractivity contribution in [1.29, 1.82) is 0 Å². The van der Waals surface area contributed by atoms with Gasteiger partial charge in [-0.15, -0.1) is 0 Å². The van der Waals surface area contributed by atoms with E-state index in [9.17, 15) is 14.7 Å². The van der Waals surface area contributed by atoms with Crippen molar-refractivity contribution in [1.82, 2.24) is 10.2 Å². The van der Waals surface area contributed by atoms with E-state index in [1.165, 1.54) is 18.0 Å². The van der Waals surface area contributed by atoms with Gasteiger partial charge in [-0.05, 0) is 61.0 Å². The molecular weight excluding hydrogens is 276 g/mol. The lowest BCUT2D eigenvalue weighted by molar-refractivity contribution is -0.128. The molecule has 0 unspecified atom stereocenters. The standard InChI is InChI=1S/C14H14N2O3S/c1-7-4-9(5-8(2)11(7)17)6-10-12(18)15-14(20)16(3)13(10)19/h4-6,17H,1-3H3,(H,15,18,20). The molecule has 0 aliphatic carbocycles. The molecule has 20 heavy (non-hydrogen) atoms. The lowest BCUT2D eigenvalue weighted by Gasteiger charge is -2.25. The van der Waals surface area contributed by atoms with E-state index in [1.54, 1.807) is 26.0 Å². The number of benzene rings is 1. The minimum absolute atomic E-state index is 0.0191. The van der Waals surface area contributed by atoms with Crippen molar-refractivity contribution in [2.45, 2.75) is 13.8 Å². The quantitative estimate of drug-likeness (QED) is 0.464. The molecule has 0 saturated carbocycles. The molecular formula is C14H14N2O3S. The molecule has 1 aromatic carbocycles. The second-order valence-electron chi connectivity index (χ2n) is 4.68. The van der Waals surface area contributed by atoms with Crippen LogP contribution in [-0.4, -0.2) is 34.0 Å². The number of phenols is 1. The number of carbonyl (C=O) groups is 2. The first-order chi connectivity index (χ1) is 9.31. The van der Waals surface area contributed by atoms with Crippen LogP contribution in [0.25, 0.3) is 6.08 Å². The zero-order chi connectivity index (χ0) is 15.0. The van der Waals surface area contributed by atoms with Crippen LogP contribution in [-0.2, 0) is 9.59 Å². The van der Waals surface area contributed by atoms with Crippen LogP contribution in [0.15, 0.2) is 17.7 Å². The number of hydrogen-bond donors (Lipinski definition) is 2. The van der Waals surface area contributed by atoms with Gasteiger partial charge in [-0.2, -0.15) is 0 Å². The summed E-state index contributed by atoms with van der Waals surface area (Å²) in [5, 5.41) is 12.3. The first-order valence-corrected chi connectivity index (χ1v) is 6.37. The van der Waals surface area contributed by atoms with Gasteiger partial charge in [0.2, 0.25) is 0 Å². The molecule has 2 N–H and O–H groups in total. The van der Waals surface area contributed by atoms with E-state index in [1.807, 2.05) is 0 Å². The van der Waals surface area contributed by atoms with E-state index in [2.05, 4.69) is 5.32 Å². The van der Waals surface area contributed by atoms with E-state index in [0.29, 0.717) is 16.7 Å². The van der Waals surface area contributed by atoms with Gasteiger partial charge < -0.3 is 5.11 Å². The van der Waals surface area contributed by atoms with E-state index < -0.39 is 11.8 Å². The lowest BCUT2D eigenvalue weighted by atomic mass is 10.0. The van der Waals surface area contributed by atoms with Gasteiger partial charge >= 0.3 is 0 Å². The van der Waals surface area contributed by atoms with Crippen molar-refractivity contribution in [3.05, 3.63) is 34.4 Å². The Morgan fingerprint density at radius 3 is 2.35 bits per heavy atom. The number of amides is 2. The Morgan fingerprint density at radius 2 is 1.80 bits per heavy atom. The number of phenolic OH excluding ortho intramolecular Hbond substituents is 1. The van der Waals surface area contributed by atoms with Crippen molar-refractivity contribution >= 4 is 35.2 Å². The molecule has 1 aliphatic rings. The molecule has 5 nitrogen and oxygen atoms in total. The van der Waals surface area contributed by atoms with Gasteiger partial charge in [0.15, 0.2) is 5.11 Å². The fraction of sp³-hybridized carbons (Fsp3) is 0.214. The van der Waals surface area contributed by atoms with Crippen molar-refractivity contribution in [3.8, 4) is 5.75 Å². The zero-order valence-electron chi connectivity index (χ0n) is 11.4. The summed E-state index contributed by atoms with van der Waals surface area (Å²) >= 11 is 4.87. The van der Waals surface area contributed by atoms with E-state index in [0.717, 1.165) is 0 Å². The van der Waals surface area contributed by atoms with Crippen LogP contribution in [0.2, 0.25) is 0 Å². The topological polar surface area (TPSA) is 69.6 Å². The molecule has 0 bridgehead atoms. The molecule has 1 saturated heterocycles. The third kappa shape index (κ3) is 2.42. The second kappa shape index (κ2) is 5.05. The SMILES string of the molecule is Cc1cc(C=C2C(=O)NC(=S)N(C)C2=O)cc(C)c1O. The highest BCUT2D eigenvalue weighted by molar-refractivity contribution is 7.80. The summed E-state index contributed by atoms with van der Waals surface area (Å²) in [6, 6.07) is 3.42. The fourth-order valence-electron chi connectivity index (χ4n) is 1.99. The predicted octanol–water partition coefficient (Wildman–Crippen LogP) is 1.27. The minimum atomic E-state index is -0.513. The Labute approximate surface area is 121 Å². The molecule has 0 atom stereocenters. The van der Waals surface area contributed by atoms with Crippen molar-refractivity contribution in [2.75, 3.05) is 7.05 Å². The maximum absolute atomic E-state index is 12.0. The molecule has 6 heteroatoms. The Balaban J connectivity index is 2.47. The third-order valence-corrected chi connectivity index (χ3v) is 3.51. The zero-order valence-corrected chi connectivity index (χ0v) is 12.2. The average molecular weight is 290 g/mol. The van der Waals surface area contributed by atoms with E-state index >= 15 is 0 Å². The van der Waals surface area contributed by atoms with Crippen LogP contribution in [0.1, 0.15) is 16.7 Å². The van der Waals surface area contributed by atoms with Crippen LogP contribution in [0.5, 0.6) is 5.75 Å². The summed E-state index contributed by atoms with van der Waals surface area (Å²) in [6.45, 7) is 3.52. The van der Waals surface area contributed by atoms with Crippen molar-refractivity contribution < 1.29 is 14.7 Å². The van der Waals surface area contributed by atoms with Crippen molar-refractivity contribution in [2.24, 2.45) is 0 Å². The number of rotatable bonds is 1. The largest absolute Gasteiger partial charge is 0.507 e. The molecule has 0 aromatic heterocycles. The number of hydrogen-bond acceptors (Lipinski definition) is 4. The number of thiocarbonyl (C=S) groups is 1. The maximum Gasteiger partial charge on any atom is 0.265 e. The highest BCUT2D eigenvalue weighted by atomic mass is 32.1. The maximum atomic E-state index is 12.0. The van der Waals surface area contributed by atoms with E-state index in [-0.39, 0.29) is 16.4 Å². The summed E-state index contributed by atoms with van der Waals surface area (Å²) in [6.07, 6.45) is 1.50. The van der Waals surface area contributed by atoms with Gasteiger partial charge in [0, 0.05) is 7.05 Å². The predicted molar refractivity (Wildman–Crippen MR) is 79.1 cm³/mol. The van der Waals surface area contributed by atoms with Gasteiger partial charge in [-0.25, -0.2) is 0 Å². The Morgan fingerprint density at radius 1 is 1.25 bits per heavy atom. The monoisotopic (exact) mass is 290 g/mol. The Hall–Kier alpha value is -2.21. The lowest BCUT2D eigenvalue weighted by Crippen LogP contribution is -2.52. The number of carbonyl (C=O) groups excluding carboxylic acids is 2. The summed E-state index contributed by atoms with van der Waals surface area (Å²) in [5.74, 6) is -0.742. The average Bonchev–Trinajstić information content (AvgIpc) is 2.38. The molecule has 1 aromatic rings. The number of aryl methyl sites for hydroxylation is 2. The van der Waals surface area contributed by atoms with Gasteiger partial charge in [0.25, 0.3) is 11.8 Å². The normalized spacial score (nSPS) is 17.6. The summed E-state index contributed by atoms with van der Waals surface area (Å²) in [4.78, 5) is 25.1. The first kappa shape index (κ1) is 14.2. The molecule has 2 amide bonds. The third-order valence-electron chi connectivity index (χ3n) is 3.13. The molecule has 1 aliphatic heterocycles. The number of nitrogens with one attached hydrogen (secondary N) is 1. The van der Waals surface area contributed by atoms with Gasteiger partial charge in [-0.3, -0.25) is 19.8 Å². The first-order valence-electron chi connectivity index (χ1n) is 5.96.